The molecule has 1 aromatic rings. The van der Waals surface area contributed by atoms with Crippen molar-refractivity contribution < 1.29 is 4.74 Å². The van der Waals surface area contributed by atoms with Gasteiger partial charge in [0.25, 0.3) is 0 Å². The first-order valence-electron chi connectivity index (χ1n) is 7.62. The van der Waals surface area contributed by atoms with Gasteiger partial charge in [-0.1, -0.05) is 6.07 Å². The summed E-state index contributed by atoms with van der Waals surface area (Å²) in [5.41, 5.74) is 2.37. The zero-order chi connectivity index (χ0) is 14.0. The molecule has 0 saturated heterocycles. The molecule has 1 atom stereocenters. The van der Waals surface area contributed by atoms with Gasteiger partial charge in [0, 0.05) is 0 Å². The molecule has 0 heterocycles. The van der Waals surface area contributed by atoms with Crippen molar-refractivity contribution in [3.63, 3.8) is 0 Å². The van der Waals surface area contributed by atoms with Gasteiger partial charge in [-0.25, -0.2) is 0 Å². The fraction of sp³-hybridized carbons (Fsp3) is 0.588. The minimum atomic E-state index is -0.518. The number of rotatable bonds is 5. The standard InChI is InChI=1S/C17H22N2O/c1-19-17(11-18,15-7-8-15)12-20-16-9-6-13-4-2-3-5-14(13)10-16/h6,9-10,15,19H,2-5,7-8,12H2,1H3. The van der Waals surface area contributed by atoms with Gasteiger partial charge in [-0.15, -0.1) is 0 Å². The Labute approximate surface area is 120 Å². The molecule has 3 heteroatoms. The van der Waals surface area contributed by atoms with E-state index in [1.807, 2.05) is 7.05 Å². The average Bonchev–Trinajstić information content (AvgIpc) is 3.34. The van der Waals surface area contributed by atoms with Crippen molar-refractivity contribution >= 4 is 0 Å². The Morgan fingerprint density at radius 3 is 2.70 bits per heavy atom. The van der Waals surface area contributed by atoms with Gasteiger partial charge in [0.15, 0.2) is 0 Å². The van der Waals surface area contributed by atoms with Crippen molar-refractivity contribution in [3.05, 3.63) is 29.3 Å². The fourth-order valence-corrected chi connectivity index (χ4v) is 3.15. The van der Waals surface area contributed by atoms with Crippen molar-refractivity contribution in [2.75, 3.05) is 13.7 Å². The number of nitriles is 1. The lowest BCUT2D eigenvalue weighted by Crippen LogP contribution is -2.49. The maximum atomic E-state index is 9.46. The van der Waals surface area contributed by atoms with Crippen LogP contribution in [0.4, 0.5) is 0 Å². The Morgan fingerprint density at radius 2 is 2.05 bits per heavy atom. The van der Waals surface area contributed by atoms with Gasteiger partial charge in [0.2, 0.25) is 0 Å². The second-order valence-electron chi connectivity index (χ2n) is 6.03. The zero-order valence-electron chi connectivity index (χ0n) is 12.1. The first-order chi connectivity index (χ1) is 9.77. The van der Waals surface area contributed by atoms with Crippen LogP contribution in [-0.4, -0.2) is 19.2 Å². The molecule has 106 valence electrons. The van der Waals surface area contributed by atoms with Gasteiger partial charge in [-0.2, -0.15) is 5.26 Å². The molecule has 0 aromatic heterocycles. The molecular formula is C17H22N2O. The molecule has 0 amide bonds. The van der Waals surface area contributed by atoms with Crippen molar-refractivity contribution in [1.29, 1.82) is 5.26 Å². The van der Waals surface area contributed by atoms with E-state index in [9.17, 15) is 5.26 Å². The van der Waals surface area contributed by atoms with Crippen LogP contribution < -0.4 is 10.1 Å². The number of nitrogens with zero attached hydrogens (tertiary/aromatic N) is 1. The smallest absolute Gasteiger partial charge is 0.143 e. The zero-order valence-corrected chi connectivity index (χ0v) is 12.1. The van der Waals surface area contributed by atoms with Gasteiger partial charge in [-0.3, -0.25) is 5.32 Å². The van der Waals surface area contributed by atoms with Gasteiger partial charge in [0.1, 0.15) is 17.9 Å². The lowest BCUT2D eigenvalue weighted by atomic mass is 9.91. The summed E-state index contributed by atoms with van der Waals surface area (Å²) in [5.74, 6) is 1.34. The number of fused-ring (bicyclic) bond motifs is 1. The Kier molecular flexibility index (Phi) is 3.67. The molecule has 1 fully saturated rings. The largest absolute Gasteiger partial charge is 0.491 e. The van der Waals surface area contributed by atoms with Crippen LogP contribution in [0.1, 0.15) is 36.8 Å². The van der Waals surface area contributed by atoms with E-state index in [0.717, 1.165) is 25.0 Å². The highest BCUT2D eigenvalue weighted by molar-refractivity contribution is 5.37. The van der Waals surface area contributed by atoms with Crippen molar-refractivity contribution in [3.8, 4) is 11.8 Å². The molecular weight excluding hydrogens is 248 g/mol. The third-order valence-corrected chi connectivity index (χ3v) is 4.71. The summed E-state index contributed by atoms with van der Waals surface area (Å²) in [6, 6.07) is 8.83. The van der Waals surface area contributed by atoms with E-state index in [2.05, 4.69) is 29.6 Å². The summed E-state index contributed by atoms with van der Waals surface area (Å²) in [4.78, 5) is 0. The molecule has 1 unspecified atom stereocenters. The van der Waals surface area contributed by atoms with Crippen LogP contribution in [-0.2, 0) is 12.8 Å². The van der Waals surface area contributed by atoms with Crippen LogP contribution >= 0.6 is 0 Å². The summed E-state index contributed by atoms with van der Waals surface area (Å²) in [5, 5.41) is 12.6. The lowest BCUT2D eigenvalue weighted by molar-refractivity contribution is 0.210. The molecule has 3 rings (SSSR count). The van der Waals surface area contributed by atoms with Crippen LogP contribution in [0.2, 0.25) is 0 Å². The molecule has 1 saturated carbocycles. The molecule has 1 N–H and O–H groups in total. The highest BCUT2D eigenvalue weighted by Gasteiger charge is 2.45. The maximum absolute atomic E-state index is 9.46. The summed E-state index contributed by atoms with van der Waals surface area (Å²) in [7, 11) is 1.86. The van der Waals surface area contributed by atoms with Gasteiger partial charge in [0.05, 0.1) is 6.07 Å². The van der Waals surface area contributed by atoms with Gasteiger partial charge < -0.3 is 4.74 Å². The summed E-state index contributed by atoms with van der Waals surface area (Å²) in [6.07, 6.45) is 7.17. The number of aryl methyl sites for hydroxylation is 2. The lowest BCUT2D eigenvalue weighted by Gasteiger charge is -2.26. The Hall–Kier alpha value is -1.53. The van der Waals surface area contributed by atoms with Crippen LogP contribution in [0.25, 0.3) is 0 Å². The first-order valence-corrected chi connectivity index (χ1v) is 7.62. The van der Waals surface area contributed by atoms with Crippen LogP contribution in [0.3, 0.4) is 0 Å². The predicted molar refractivity (Wildman–Crippen MR) is 78.7 cm³/mol. The second kappa shape index (κ2) is 5.46. The Balaban J connectivity index is 1.70. The molecule has 0 radical (unpaired) electrons. The minimum Gasteiger partial charge on any atom is -0.491 e. The monoisotopic (exact) mass is 270 g/mol. The Bertz CT molecular complexity index is 530. The molecule has 0 aliphatic heterocycles. The highest BCUT2D eigenvalue weighted by atomic mass is 16.5. The van der Waals surface area contributed by atoms with E-state index in [0.29, 0.717) is 12.5 Å². The average molecular weight is 270 g/mol. The number of hydrogen-bond donors (Lipinski definition) is 1. The first kappa shape index (κ1) is 13.5. The second-order valence-corrected chi connectivity index (χ2v) is 6.03. The third kappa shape index (κ3) is 2.53. The van der Waals surface area contributed by atoms with E-state index < -0.39 is 5.54 Å². The molecule has 3 nitrogen and oxygen atoms in total. The summed E-state index contributed by atoms with van der Waals surface area (Å²) >= 11 is 0. The molecule has 2 aliphatic rings. The van der Waals surface area contributed by atoms with Crippen molar-refractivity contribution in [2.24, 2.45) is 5.92 Å². The quantitative estimate of drug-likeness (QED) is 0.895. The maximum Gasteiger partial charge on any atom is 0.143 e. The van der Waals surface area contributed by atoms with E-state index in [-0.39, 0.29) is 0 Å². The van der Waals surface area contributed by atoms with Crippen LogP contribution in [0, 0.1) is 17.2 Å². The Morgan fingerprint density at radius 1 is 1.30 bits per heavy atom. The number of likely N-dealkylation sites (N-methyl/N-ethyl adjacent to an activating group) is 1. The number of nitrogens with one attached hydrogen (secondary N) is 1. The number of benzene rings is 1. The summed E-state index contributed by atoms with van der Waals surface area (Å²) < 4.78 is 5.94. The SMILES string of the molecule is CNC(C#N)(COc1ccc2c(c1)CCCC2)C1CC1. The number of ether oxygens (including phenoxy) is 1. The molecule has 0 spiro atoms. The van der Waals surface area contributed by atoms with E-state index in [1.165, 1.54) is 30.4 Å². The predicted octanol–water partition coefficient (Wildman–Crippen LogP) is 2.84. The molecule has 2 aliphatic carbocycles. The third-order valence-electron chi connectivity index (χ3n) is 4.71. The topological polar surface area (TPSA) is 45.0 Å². The van der Waals surface area contributed by atoms with Crippen molar-refractivity contribution in [1.82, 2.24) is 5.32 Å². The highest BCUT2D eigenvalue weighted by Crippen LogP contribution is 2.39. The van der Waals surface area contributed by atoms with Crippen molar-refractivity contribution in [2.45, 2.75) is 44.1 Å². The molecule has 20 heavy (non-hydrogen) atoms. The fourth-order valence-electron chi connectivity index (χ4n) is 3.15. The van der Waals surface area contributed by atoms with E-state index in [4.69, 9.17) is 4.74 Å². The van der Waals surface area contributed by atoms with E-state index in [1.54, 1.807) is 0 Å². The van der Waals surface area contributed by atoms with E-state index >= 15 is 0 Å². The van der Waals surface area contributed by atoms with Crippen LogP contribution in [0.15, 0.2) is 18.2 Å². The minimum absolute atomic E-state index is 0.434. The number of hydrogen-bond acceptors (Lipinski definition) is 3. The van der Waals surface area contributed by atoms with Gasteiger partial charge >= 0.3 is 0 Å². The van der Waals surface area contributed by atoms with Gasteiger partial charge in [-0.05, 0) is 74.8 Å². The van der Waals surface area contributed by atoms with Crippen LogP contribution in [0.5, 0.6) is 5.75 Å². The molecule has 1 aromatic carbocycles. The molecule has 0 bridgehead atoms. The summed E-state index contributed by atoms with van der Waals surface area (Å²) in [6.45, 7) is 0.434. The normalized spacial score (nSPS) is 20.6.